The van der Waals surface area contributed by atoms with Gasteiger partial charge in [0.15, 0.2) is 7.14 Å². The molecule has 2 aliphatic rings. The quantitative estimate of drug-likeness (QED) is 0.250. The van der Waals surface area contributed by atoms with E-state index in [1.807, 2.05) is 84.9 Å². The molecule has 3 nitrogen and oxygen atoms in total. The van der Waals surface area contributed by atoms with Crippen molar-refractivity contribution in [1.29, 1.82) is 0 Å². The Hall–Kier alpha value is -4.07. The van der Waals surface area contributed by atoms with Crippen molar-refractivity contribution in [3.63, 3.8) is 0 Å². The number of para-hydroxylation sites is 1. The van der Waals surface area contributed by atoms with Crippen LogP contribution in [0.4, 0.5) is 0 Å². The van der Waals surface area contributed by atoms with Crippen LogP contribution in [0.15, 0.2) is 109 Å². The highest BCUT2D eigenvalue weighted by atomic mass is 31.2. The molecular formula is C31H21O3P. The minimum absolute atomic E-state index is 0.596. The number of ether oxygens (including phenoxy) is 2. The number of hydrogen-bond donors (Lipinski definition) is 0. The zero-order valence-electron chi connectivity index (χ0n) is 19.1. The molecule has 0 amide bonds. The Morgan fingerprint density at radius 1 is 0.543 bits per heavy atom. The molecule has 1 atom stereocenters. The number of benzene rings is 5. The summed E-state index contributed by atoms with van der Waals surface area (Å²) in [5.74, 6) is 2.45. The van der Waals surface area contributed by atoms with E-state index in [1.54, 1.807) is 0 Å². The van der Waals surface area contributed by atoms with E-state index in [4.69, 9.17) is 9.47 Å². The lowest BCUT2D eigenvalue weighted by Gasteiger charge is -2.35. The monoisotopic (exact) mass is 472 g/mol. The average molecular weight is 472 g/mol. The van der Waals surface area contributed by atoms with Crippen molar-refractivity contribution in [3.05, 3.63) is 115 Å². The van der Waals surface area contributed by atoms with Crippen molar-refractivity contribution in [1.82, 2.24) is 0 Å². The first-order chi connectivity index (χ1) is 17.1. The van der Waals surface area contributed by atoms with Gasteiger partial charge in [0.25, 0.3) is 0 Å². The minimum atomic E-state index is -3.24. The largest absolute Gasteiger partial charge is 0.456 e. The van der Waals surface area contributed by atoms with Crippen molar-refractivity contribution in [2.24, 2.45) is 0 Å². The first-order valence-electron chi connectivity index (χ1n) is 11.6. The molecule has 0 N–H and O–H groups in total. The van der Waals surface area contributed by atoms with Crippen LogP contribution < -0.4 is 25.4 Å². The molecule has 0 fully saturated rings. The second kappa shape index (κ2) is 7.46. The van der Waals surface area contributed by atoms with Crippen LogP contribution in [0, 0.1) is 6.92 Å². The Bertz CT molecular complexity index is 1670. The molecule has 2 heterocycles. The third-order valence-corrected chi connectivity index (χ3v) is 10.0. The summed E-state index contributed by atoms with van der Waals surface area (Å²) in [5, 5.41) is 2.07. The third-order valence-electron chi connectivity index (χ3n) is 6.86. The summed E-state index contributed by atoms with van der Waals surface area (Å²) in [7, 11) is -3.24. The molecule has 168 valence electrons. The van der Waals surface area contributed by atoms with E-state index in [0.29, 0.717) is 38.9 Å². The van der Waals surface area contributed by atoms with Crippen molar-refractivity contribution in [3.8, 4) is 45.3 Å². The highest BCUT2D eigenvalue weighted by Gasteiger charge is 2.46. The maximum absolute atomic E-state index is 15.3. The summed E-state index contributed by atoms with van der Waals surface area (Å²) in [6.45, 7) is 2.09. The van der Waals surface area contributed by atoms with Gasteiger partial charge in [0.05, 0.1) is 10.6 Å². The molecule has 0 spiro atoms. The van der Waals surface area contributed by atoms with Gasteiger partial charge in [0.1, 0.15) is 28.3 Å². The molecule has 1 unspecified atom stereocenters. The molecule has 35 heavy (non-hydrogen) atoms. The smallest absolute Gasteiger partial charge is 0.185 e. The number of fused-ring (bicyclic) bond motifs is 4. The summed E-state index contributed by atoms with van der Waals surface area (Å²) in [6, 6.07) is 36.0. The fraction of sp³-hybridized carbons (Fsp3) is 0.0323. The average Bonchev–Trinajstić information content (AvgIpc) is 2.89. The van der Waals surface area contributed by atoms with Gasteiger partial charge in [-0.05, 0) is 71.1 Å². The Morgan fingerprint density at radius 3 is 1.97 bits per heavy atom. The minimum Gasteiger partial charge on any atom is -0.456 e. The van der Waals surface area contributed by atoms with E-state index in [0.717, 1.165) is 27.8 Å². The van der Waals surface area contributed by atoms with Crippen LogP contribution in [0.5, 0.6) is 23.0 Å². The van der Waals surface area contributed by atoms with Crippen molar-refractivity contribution >= 4 is 23.1 Å². The van der Waals surface area contributed by atoms with Gasteiger partial charge < -0.3 is 14.0 Å². The molecule has 0 aliphatic carbocycles. The SMILES string of the molecule is Cc1ccccc1-c1cc2c3c(c1)Oc1ccc(-c4ccccc4)cc1P3(=O)c1ccccc1O2. The normalized spacial score (nSPS) is 16.8. The van der Waals surface area contributed by atoms with Crippen LogP contribution in [0.2, 0.25) is 0 Å². The van der Waals surface area contributed by atoms with Gasteiger partial charge in [-0.25, -0.2) is 0 Å². The Labute approximate surface area is 204 Å². The van der Waals surface area contributed by atoms with Gasteiger partial charge in [-0.2, -0.15) is 0 Å². The second-order valence-electron chi connectivity index (χ2n) is 8.97. The molecule has 7 rings (SSSR count). The van der Waals surface area contributed by atoms with E-state index < -0.39 is 7.14 Å². The van der Waals surface area contributed by atoms with Gasteiger partial charge >= 0.3 is 0 Å². The van der Waals surface area contributed by atoms with Crippen LogP contribution in [0.25, 0.3) is 22.3 Å². The Morgan fingerprint density at radius 2 is 1.20 bits per heavy atom. The first kappa shape index (κ1) is 20.3. The molecule has 0 saturated carbocycles. The van der Waals surface area contributed by atoms with Gasteiger partial charge in [-0.3, -0.25) is 0 Å². The lowest BCUT2D eigenvalue weighted by molar-refractivity contribution is 0.462. The van der Waals surface area contributed by atoms with E-state index in [1.165, 1.54) is 0 Å². The highest BCUT2D eigenvalue weighted by Crippen LogP contribution is 2.59. The summed E-state index contributed by atoms with van der Waals surface area (Å²) < 4.78 is 28.1. The van der Waals surface area contributed by atoms with Gasteiger partial charge in [-0.15, -0.1) is 0 Å². The zero-order chi connectivity index (χ0) is 23.6. The van der Waals surface area contributed by atoms with E-state index in [9.17, 15) is 0 Å². The summed E-state index contributed by atoms with van der Waals surface area (Å²) in [4.78, 5) is 0. The number of hydrogen-bond acceptors (Lipinski definition) is 3. The summed E-state index contributed by atoms with van der Waals surface area (Å²) in [5.41, 5.74) is 5.31. The van der Waals surface area contributed by atoms with Crippen LogP contribution in [-0.4, -0.2) is 0 Å². The second-order valence-corrected chi connectivity index (χ2v) is 11.6. The third kappa shape index (κ3) is 2.95. The van der Waals surface area contributed by atoms with Crippen molar-refractivity contribution in [2.75, 3.05) is 0 Å². The molecule has 0 saturated heterocycles. The van der Waals surface area contributed by atoms with Crippen LogP contribution in [-0.2, 0) is 4.57 Å². The predicted molar refractivity (Wildman–Crippen MR) is 142 cm³/mol. The Balaban J connectivity index is 1.51. The Kier molecular flexibility index (Phi) is 4.33. The molecule has 5 aromatic rings. The topological polar surface area (TPSA) is 35.5 Å². The van der Waals surface area contributed by atoms with E-state index in [-0.39, 0.29) is 0 Å². The first-order valence-corrected chi connectivity index (χ1v) is 13.3. The predicted octanol–water partition coefficient (Wildman–Crippen LogP) is 7.18. The highest BCUT2D eigenvalue weighted by molar-refractivity contribution is 7.86. The maximum Gasteiger partial charge on any atom is 0.185 e. The van der Waals surface area contributed by atoms with E-state index >= 15 is 4.57 Å². The van der Waals surface area contributed by atoms with Gasteiger partial charge in [-0.1, -0.05) is 72.8 Å². The molecule has 4 heteroatoms. The van der Waals surface area contributed by atoms with Crippen molar-refractivity contribution < 1.29 is 14.0 Å². The lowest BCUT2D eigenvalue weighted by Crippen LogP contribution is -2.35. The van der Waals surface area contributed by atoms with Crippen LogP contribution in [0.1, 0.15) is 5.56 Å². The molecule has 0 radical (unpaired) electrons. The fourth-order valence-electron chi connectivity index (χ4n) is 5.17. The van der Waals surface area contributed by atoms with Crippen molar-refractivity contribution in [2.45, 2.75) is 6.92 Å². The van der Waals surface area contributed by atoms with Crippen LogP contribution >= 0.6 is 7.14 Å². The molecule has 5 aromatic carbocycles. The summed E-state index contributed by atoms with van der Waals surface area (Å²) in [6.07, 6.45) is 0. The fourth-order valence-corrected chi connectivity index (χ4v) is 8.23. The van der Waals surface area contributed by atoms with Crippen LogP contribution in [0.3, 0.4) is 0 Å². The standard InChI is InChI=1S/C31H21O3P/c1-20-9-5-6-12-24(20)23-17-27-31-28(18-23)34-26-16-15-22(21-10-3-2-4-11-21)19-30(26)35(31,32)29-14-8-7-13-25(29)33-27/h2-19H,1H3. The van der Waals surface area contributed by atoms with Gasteiger partial charge in [0.2, 0.25) is 0 Å². The number of aryl methyl sites for hydroxylation is 1. The molecule has 2 aliphatic heterocycles. The van der Waals surface area contributed by atoms with E-state index in [2.05, 4.69) is 31.2 Å². The lowest BCUT2D eigenvalue weighted by atomic mass is 10.00. The molecule has 0 bridgehead atoms. The van der Waals surface area contributed by atoms with Gasteiger partial charge in [0, 0.05) is 0 Å². The molecular weight excluding hydrogens is 451 g/mol. The number of rotatable bonds is 2. The maximum atomic E-state index is 15.3. The molecule has 0 aromatic heterocycles. The zero-order valence-corrected chi connectivity index (χ0v) is 20.0. The summed E-state index contributed by atoms with van der Waals surface area (Å²) >= 11 is 0.